The molecule has 0 N–H and O–H groups in total. The molecule has 18 heavy (non-hydrogen) atoms. The van der Waals surface area contributed by atoms with Gasteiger partial charge in [-0.25, -0.2) is 9.97 Å². The zero-order valence-electron chi connectivity index (χ0n) is 9.97. The molecule has 0 saturated carbocycles. The summed E-state index contributed by atoms with van der Waals surface area (Å²) in [6.45, 7) is 2.11. The lowest BCUT2D eigenvalue weighted by Gasteiger charge is -2.07. The summed E-state index contributed by atoms with van der Waals surface area (Å²) in [5, 5.41) is 0. The van der Waals surface area contributed by atoms with Gasteiger partial charge < -0.3 is 0 Å². The molecule has 3 rings (SSSR count). The number of aromatic nitrogens is 3. The van der Waals surface area contributed by atoms with Gasteiger partial charge in [-0.15, -0.1) is 0 Å². The molecule has 1 aromatic carbocycles. The van der Waals surface area contributed by atoms with E-state index in [4.69, 9.17) is 0 Å². The fraction of sp³-hybridized carbons (Fsp3) is 0.143. The predicted octanol–water partition coefficient (Wildman–Crippen LogP) is 3.75. The Hall–Kier alpha value is -1.68. The summed E-state index contributed by atoms with van der Waals surface area (Å²) in [6, 6.07) is 12.1. The van der Waals surface area contributed by atoms with Crippen LogP contribution in [0.3, 0.4) is 0 Å². The third kappa shape index (κ3) is 1.82. The maximum absolute atomic E-state index is 4.62. The largest absolute Gasteiger partial charge is 0.281 e. The van der Waals surface area contributed by atoms with Crippen molar-refractivity contribution in [2.24, 2.45) is 0 Å². The standard InChI is InChI=1S/C14H12BrN3/c1-2-13-17-12-7-4-8-16-14(12)18(13)11-6-3-5-10(15)9-11/h3-9H,2H2,1H3. The number of fused-ring (bicyclic) bond motifs is 1. The smallest absolute Gasteiger partial charge is 0.164 e. The molecule has 0 atom stereocenters. The Morgan fingerprint density at radius 3 is 2.89 bits per heavy atom. The van der Waals surface area contributed by atoms with Gasteiger partial charge in [0, 0.05) is 22.8 Å². The van der Waals surface area contributed by atoms with E-state index in [1.165, 1.54) is 0 Å². The van der Waals surface area contributed by atoms with Gasteiger partial charge >= 0.3 is 0 Å². The highest BCUT2D eigenvalue weighted by Gasteiger charge is 2.11. The second-order valence-electron chi connectivity index (χ2n) is 4.04. The van der Waals surface area contributed by atoms with Crippen molar-refractivity contribution < 1.29 is 0 Å². The molecule has 0 spiro atoms. The monoisotopic (exact) mass is 301 g/mol. The third-order valence-corrected chi connectivity index (χ3v) is 3.36. The molecule has 0 unspecified atom stereocenters. The van der Waals surface area contributed by atoms with Crippen LogP contribution in [-0.4, -0.2) is 14.5 Å². The van der Waals surface area contributed by atoms with E-state index < -0.39 is 0 Å². The minimum Gasteiger partial charge on any atom is -0.281 e. The topological polar surface area (TPSA) is 30.7 Å². The normalized spacial score (nSPS) is 11.0. The van der Waals surface area contributed by atoms with Gasteiger partial charge in [0.1, 0.15) is 11.3 Å². The lowest BCUT2D eigenvalue weighted by Crippen LogP contribution is -2.00. The molecule has 0 aliphatic heterocycles. The van der Waals surface area contributed by atoms with Crippen molar-refractivity contribution in [1.82, 2.24) is 14.5 Å². The van der Waals surface area contributed by atoms with Gasteiger partial charge in [-0.2, -0.15) is 0 Å². The van der Waals surface area contributed by atoms with Crippen molar-refractivity contribution in [3.8, 4) is 5.69 Å². The quantitative estimate of drug-likeness (QED) is 0.722. The number of nitrogens with zero attached hydrogens (tertiary/aromatic N) is 3. The summed E-state index contributed by atoms with van der Waals surface area (Å²) in [7, 11) is 0. The van der Waals surface area contributed by atoms with Gasteiger partial charge in [-0.1, -0.05) is 28.9 Å². The van der Waals surface area contributed by atoms with Gasteiger partial charge in [0.25, 0.3) is 0 Å². The first kappa shape index (κ1) is 11.4. The highest BCUT2D eigenvalue weighted by molar-refractivity contribution is 9.10. The molecule has 90 valence electrons. The summed E-state index contributed by atoms with van der Waals surface area (Å²) in [5.74, 6) is 1.03. The molecule has 0 aliphatic carbocycles. The van der Waals surface area contributed by atoms with Crippen LogP contribution < -0.4 is 0 Å². The molecule has 0 aliphatic rings. The minimum absolute atomic E-state index is 0.878. The third-order valence-electron chi connectivity index (χ3n) is 2.87. The lowest BCUT2D eigenvalue weighted by molar-refractivity contribution is 0.901. The van der Waals surface area contributed by atoms with Gasteiger partial charge in [0.15, 0.2) is 5.65 Å². The zero-order chi connectivity index (χ0) is 12.5. The molecule has 3 aromatic rings. The Morgan fingerprint density at radius 2 is 2.11 bits per heavy atom. The van der Waals surface area contributed by atoms with Crippen LogP contribution in [0, 0.1) is 0 Å². The number of aryl methyl sites for hydroxylation is 1. The Bertz CT molecular complexity index is 703. The minimum atomic E-state index is 0.878. The zero-order valence-corrected chi connectivity index (χ0v) is 11.6. The lowest BCUT2D eigenvalue weighted by atomic mass is 10.3. The van der Waals surface area contributed by atoms with E-state index in [9.17, 15) is 0 Å². The van der Waals surface area contributed by atoms with E-state index in [1.54, 1.807) is 6.20 Å². The summed E-state index contributed by atoms with van der Waals surface area (Å²) in [6.07, 6.45) is 2.68. The first-order chi connectivity index (χ1) is 8.79. The molecule has 0 bridgehead atoms. The van der Waals surface area contributed by atoms with Crippen LogP contribution in [0.15, 0.2) is 47.1 Å². The highest BCUT2D eigenvalue weighted by Crippen LogP contribution is 2.22. The van der Waals surface area contributed by atoms with Crippen LogP contribution in [0.4, 0.5) is 0 Å². The Kier molecular flexibility index (Phi) is 2.88. The van der Waals surface area contributed by atoms with Crippen molar-refractivity contribution in [2.75, 3.05) is 0 Å². The number of benzene rings is 1. The summed E-state index contributed by atoms with van der Waals surface area (Å²) < 4.78 is 3.17. The molecule has 2 heterocycles. The molecule has 0 saturated heterocycles. The second kappa shape index (κ2) is 4.53. The van der Waals surface area contributed by atoms with Crippen molar-refractivity contribution in [2.45, 2.75) is 13.3 Å². The average molecular weight is 302 g/mol. The van der Waals surface area contributed by atoms with E-state index >= 15 is 0 Å². The molecule has 3 nitrogen and oxygen atoms in total. The van der Waals surface area contributed by atoms with Crippen molar-refractivity contribution in [3.05, 3.63) is 52.9 Å². The molecule has 2 aromatic heterocycles. The Balaban J connectivity index is 2.33. The molecule has 0 amide bonds. The van der Waals surface area contributed by atoms with E-state index in [0.29, 0.717) is 0 Å². The van der Waals surface area contributed by atoms with Crippen LogP contribution in [0.2, 0.25) is 0 Å². The second-order valence-corrected chi connectivity index (χ2v) is 4.96. The molecule has 4 heteroatoms. The first-order valence-electron chi connectivity index (χ1n) is 5.88. The number of halogens is 1. The van der Waals surface area contributed by atoms with Crippen molar-refractivity contribution in [3.63, 3.8) is 0 Å². The van der Waals surface area contributed by atoms with E-state index in [-0.39, 0.29) is 0 Å². The summed E-state index contributed by atoms with van der Waals surface area (Å²) >= 11 is 3.50. The average Bonchev–Trinajstić information content (AvgIpc) is 2.77. The van der Waals surface area contributed by atoms with Gasteiger partial charge in [-0.05, 0) is 30.3 Å². The van der Waals surface area contributed by atoms with Crippen molar-refractivity contribution in [1.29, 1.82) is 0 Å². The van der Waals surface area contributed by atoms with Crippen molar-refractivity contribution >= 4 is 27.1 Å². The fourth-order valence-corrected chi connectivity index (χ4v) is 2.47. The van der Waals surface area contributed by atoms with Crippen LogP contribution in [0.5, 0.6) is 0 Å². The van der Waals surface area contributed by atoms with Crippen LogP contribution in [0.1, 0.15) is 12.7 Å². The number of hydrogen-bond acceptors (Lipinski definition) is 2. The summed E-state index contributed by atoms with van der Waals surface area (Å²) in [4.78, 5) is 9.06. The number of rotatable bonds is 2. The predicted molar refractivity (Wildman–Crippen MR) is 75.9 cm³/mol. The Morgan fingerprint density at radius 1 is 1.22 bits per heavy atom. The van der Waals surface area contributed by atoms with Crippen LogP contribution >= 0.6 is 15.9 Å². The van der Waals surface area contributed by atoms with Gasteiger partial charge in [-0.3, -0.25) is 4.57 Å². The SMILES string of the molecule is CCc1nc2cccnc2n1-c1cccc(Br)c1. The number of imidazole rings is 1. The molecular formula is C14H12BrN3. The van der Waals surface area contributed by atoms with Crippen LogP contribution in [-0.2, 0) is 6.42 Å². The van der Waals surface area contributed by atoms with E-state index in [0.717, 1.165) is 33.6 Å². The molecule has 0 fully saturated rings. The van der Waals surface area contributed by atoms with Gasteiger partial charge in [0.05, 0.1) is 0 Å². The van der Waals surface area contributed by atoms with Gasteiger partial charge in [0.2, 0.25) is 0 Å². The van der Waals surface area contributed by atoms with E-state index in [1.807, 2.05) is 24.3 Å². The first-order valence-corrected chi connectivity index (χ1v) is 6.67. The van der Waals surface area contributed by atoms with Crippen LogP contribution in [0.25, 0.3) is 16.9 Å². The summed E-state index contributed by atoms with van der Waals surface area (Å²) in [5.41, 5.74) is 2.93. The number of pyridine rings is 1. The maximum atomic E-state index is 4.62. The highest BCUT2D eigenvalue weighted by atomic mass is 79.9. The number of hydrogen-bond donors (Lipinski definition) is 0. The fourth-order valence-electron chi connectivity index (χ4n) is 2.08. The molecule has 0 radical (unpaired) electrons. The maximum Gasteiger partial charge on any atom is 0.164 e. The molecular weight excluding hydrogens is 290 g/mol. The van der Waals surface area contributed by atoms with E-state index in [2.05, 4.69) is 49.5 Å². The Labute approximate surface area is 114 Å².